The highest BCUT2D eigenvalue weighted by atomic mass is 14.3. The summed E-state index contributed by atoms with van der Waals surface area (Å²) < 4.78 is 0. The molecule has 0 heterocycles. The second-order valence-corrected chi connectivity index (χ2v) is 9.38. The number of unbranched alkanes of at least 4 members (excludes halogenated alkanes) is 4. The summed E-state index contributed by atoms with van der Waals surface area (Å²) in [5.41, 5.74) is 0. The molecule has 25 heavy (non-hydrogen) atoms. The fraction of sp³-hybridized carbons (Fsp3) is 1.00. The van der Waals surface area contributed by atoms with Crippen LogP contribution >= 0.6 is 0 Å². The monoisotopic (exact) mass is 350 g/mol. The van der Waals surface area contributed by atoms with Crippen LogP contribution in [0.5, 0.6) is 0 Å². The van der Waals surface area contributed by atoms with Crippen molar-refractivity contribution in [1.29, 1.82) is 0 Å². The summed E-state index contributed by atoms with van der Waals surface area (Å²) in [6, 6.07) is 0. The highest BCUT2D eigenvalue weighted by molar-refractivity contribution is 4.72. The first-order valence-corrected chi connectivity index (χ1v) is 12.2. The number of hydrogen-bond acceptors (Lipinski definition) is 0. The van der Waals surface area contributed by atoms with E-state index in [4.69, 9.17) is 0 Å². The minimum Gasteiger partial charge on any atom is -0.0654 e. The van der Waals surface area contributed by atoms with Gasteiger partial charge in [-0.3, -0.25) is 0 Å². The fourth-order valence-corrected chi connectivity index (χ4v) is 4.85. The quantitative estimate of drug-likeness (QED) is 0.418. The molecule has 0 bridgehead atoms. The SMILES string of the molecule is CC1CCCCCCCCC1.CCCCCCCC1CCCCC1C. The van der Waals surface area contributed by atoms with Gasteiger partial charge in [0.1, 0.15) is 0 Å². The van der Waals surface area contributed by atoms with Crippen molar-refractivity contribution in [2.24, 2.45) is 17.8 Å². The standard InChI is InChI=1S/C14H28.C11H22/c1-3-4-5-6-7-11-14-12-9-8-10-13(14)2;1-11-9-7-5-3-2-4-6-8-10-11/h13-14H,3-12H2,1-2H3;11H,2-10H2,1H3. The third-order valence-corrected chi connectivity index (χ3v) is 6.86. The van der Waals surface area contributed by atoms with E-state index in [2.05, 4.69) is 20.8 Å². The Morgan fingerprint density at radius 2 is 1.08 bits per heavy atom. The Morgan fingerprint density at radius 1 is 0.560 bits per heavy atom. The molecular formula is C25H50. The van der Waals surface area contributed by atoms with E-state index in [1.807, 2.05) is 0 Å². The summed E-state index contributed by atoms with van der Waals surface area (Å²) in [5, 5.41) is 0. The summed E-state index contributed by atoms with van der Waals surface area (Å²) in [7, 11) is 0. The van der Waals surface area contributed by atoms with Gasteiger partial charge in [-0.1, -0.05) is 143 Å². The van der Waals surface area contributed by atoms with Crippen molar-refractivity contribution in [1.82, 2.24) is 0 Å². The van der Waals surface area contributed by atoms with Crippen LogP contribution < -0.4 is 0 Å². The van der Waals surface area contributed by atoms with Gasteiger partial charge in [0.05, 0.1) is 0 Å². The highest BCUT2D eigenvalue weighted by Crippen LogP contribution is 2.33. The number of rotatable bonds is 6. The fourth-order valence-electron chi connectivity index (χ4n) is 4.85. The van der Waals surface area contributed by atoms with E-state index in [1.54, 1.807) is 0 Å². The highest BCUT2D eigenvalue weighted by Gasteiger charge is 2.20. The van der Waals surface area contributed by atoms with Gasteiger partial charge in [0.2, 0.25) is 0 Å². The summed E-state index contributed by atoms with van der Waals surface area (Å²) in [6.07, 6.45) is 28.2. The minimum absolute atomic E-state index is 1.01. The summed E-state index contributed by atoms with van der Waals surface area (Å²) in [6.45, 7) is 7.18. The predicted molar refractivity (Wildman–Crippen MR) is 115 cm³/mol. The summed E-state index contributed by atoms with van der Waals surface area (Å²) >= 11 is 0. The van der Waals surface area contributed by atoms with E-state index < -0.39 is 0 Å². The zero-order valence-electron chi connectivity index (χ0n) is 18.2. The van der Waals surface area contributed by atoms with Crippen molar-refractivity contribution in [3.63, 3.8) is 0 Å². The first-order chi connectivity index (χ1) is 12.2. The molecule has 2 aliphatic carbocycles. The molecule has 0 aromatic carbocycles. The smallest absolute Gasteiger partial charge is 0.0388 e. The predicted octanol–water partition coefficient (Wildman–Crippen LogP) is 9.32. The molecule has 0 radical (unpaired) electrons. The van der Waals surface area contributed by atoms with Gasteiger partial charge in [-0.05, 0) is 17.8 Å². The van der Waals surface area contributed by atoms with E-state index in [9.17, 15) is 0 Å². The Bertz CT molecular complexity index is 259. The first kappa shape index (κ1) is 23.0. The third-order valence-electron chi connectivity index (χ3n) is 6.86. The van der Waals surface area contributed by atoms with E-state index in [0.717, 1.165) is 17.8 Å². The molecule has 0 N–H and O–H groups in total. The van der Waals surface area contributed by atoms with Crippen molar-refractivity contribution >= 4 is 0 Å². The second-order valence-electron chi connectivity index (χ2n) is 9.38. The maximum atomic E-state index is 2.47. The maximum Gasteiger partial charge on any atom is -0.0388 e. The molecule has 2 saturated carbocycles. The van der Waals surface area contributed by atoms with E-state index in [-0.39, 0.29) is 0 Å². The van der Waals surface area contributed by atoms with Crippen LogP contribution in [0.25, 0.3) is 0 Å². The molecule has 150 valence electrons. The Kier molecular flexibility index (Phi) is 14.9. The Balaban J connectivity index is 0.000000257. The molecule has 2 fully saturated rings. The van der Waals surface area contributed by atoms with Gasteiger partial charge in [0.25, 0.3) is 0 Å². The lowest BCUT2D eigenvalue weighted by Gasteiger charge is -2.28. The Hall–Kier alpha value is 0. The van der Waals surface area contributed by atoms with Crippen LogP contribution in [0, 0.1) is 17.8 Å². The van der Waals surface area contributed by atoms with Crippen LogP contribution in [0.2, 0.25) is 0 Å². The second kappa shape index (κ2) is 16.2. The Labute approximate surface area is 160 Å². The lowest BCUT2D eigenvalue weighted by Crippen LogP contribution is -2.16. The van der Waals surface area contributed by atoms with Crippen molar-refractivity contribution < 1.29 is 0 Å². The molecule has 0 spiro atoms. The van der Waals surface area contributed by atoms with Gasteiger partial charge >= 0.3 is 0 Å². The molecule has 0 aromatic heterocycles. The van der Waals surface area contributed by atoms with Gasteiger partial charge in [-0.2, -0.15) is 0 Å². The van der Waals surface area contributed by atoms with Crippen LogP contribution in [0.15, 0.2) is 0 Å². The zero-order chi connectivity index (χ0) is 18.2. The summed E-state index contributed by atoms with van der Waals surface area (Å²) in [5.74, 6) is 3.11. The average Bonchev–Trinajstić information content (AvgIpc) is 2.63. The van der Waals surface area contributed by atoms with Crippen molar-refractivity contribution in [2.75, 3.05) is 0 Å². The molecule has 0 amide bonds. The number of hydrogen-bond donors (Lipinski definition) is 0. The van der Waals surface area contributed by atoms with Crippen molar-refractivity contribution in [3.8, 4) is 0 Å². The van der Waals surface area contributed by atoms with Crippen LogP contribution in [0.1, 0.15) is 143 Å². The van der Waals surface area contributed by atoms with Crippen LogP contribution in [-0.2, 0) is 0 Å². The molecule has 0 nitrogen and oxygen atoms in total. The van der Waals surface area contributed by atoms with E-state index in [0.29, 0.717) is 0 Å². The third kappa shape index (κ3) is 12.9. The molecule has 0 heteroatoms. The molecule has 2 unspecified atom stereocenters. The average molecular weight is 351 g/mol. The largest absolute Gasteiger partial charge is 0.0654 e. The first-order valence-electron chi connectivity index (χ1n) is 12.2. The zero-order valence-corrected chi connectivity index (χ0v) is 18.2. The lowest BCUT2D eigenvalue weighted by atomic mass is 9.78. The summed E-state index contributed by atoms with van der Waals surface area (Å²) in [4.78, 5) is 0. The minimum atomic E-state index is 1.01. The van der Waals surface area contributed by atoms with E-state index >= 15 is 0 Å². The Morgan fingerprint density at radius 3 is 1.68 bits per heavy atom. The van der Waals surface area contributed by atoms with Gasteiger partial charge in [0, 0.05) is 0 Å². The molecule has 2 atom stereocenters. The van der Waals surface area contributed by atoms with E-state index in [1.165, 1.54) is 122 Å². The van der Waals surface area contributed by atoms with Gasteiger partial charge in [0.15, 0.2) is 0 Å². The molecule has 0 saturated heterocycles. The van der Waals surface area contributed by atoms with Crippen LogP contribution in [0.4, 0.5) is 0 Å². The molecule has 0 aromatic rings. The maximum absolute atomic E-state index is 2.47. The molecule has 0 aliphatic heterocycles. The van der Waals surface area contributed by atoms with Crippen LogP contribution in [0.3, 0.4) is 0 Å². The van der Waals surface area contributed by atoms with Gasteiger partial charge in [-0.25, -0.2) is 0 Å². The van der Waals surface area contributed by atoms with Crippen LogP contribution in [-0.4, -0.2) is 0 Å². The molecular weight excluding hydrogens is 300 g/mol. The normalized spacial score (nSPS) is 26.5. The molecule has 2 rings (SSSR count). The molecule has 2 aliphatic rings. The van der Waals surface area contributed by atoms with Crippen molar-refractivity contribution in [2.45, 2.75) is 143 Å². The lowest BCUT2D eigenvalue weighted by molar-refractivity contribution is 0.236. The van der Waals surface area contributed by atoms with Gasteiger partial charge in [-0.15, -0.1) is 0 Å². The van der Waals surface area contributed by atoms with Gasteiger partial charge < -0.3 is 0 Å². The topological polar surface area (TPSA) is 0 Å². The van der Waals surface area contributed by atoms with Crippen molar-refractivity contribution in [3.05, 3.63) is 0 Å².